The summed E-state index contributed by atoms with van der Waals surface area (Å²) >= 11 is 0. The molecular formula is C11H14O2. The highest BCUT2D eigenvalue weighted by Gasteiger charge is 2.06. The molecule has 1 aromatic rings. The summed E-state index contributed by atoms with van der Waals surface area (Å²) in [6, 6.07) is 5.90. The highest BCUT2D eigenvalue weighted by atomic mass is 16.5. The van der Waals surface area contributed by atoms with E-state index in [9.17, 15) is 0 Å². The molecule has 0 aliphatic heterocycles. The summed E-state index contributed by atoms with van der Waals surface area (Å²) in [7, 11) is 3.24. The summed E-state index contributed by atoms with van der Waals surface area (Å²) in [5, 5.41) is 0. The highest BCUT2D eigenvalue weighted by Crippen LogP contribution is 2.26. The van der Waals surface area contributed by atoms with E-state index in [1.165, 1.54) is 0 Å². The van der Waals surface area contributed by atoms with E-state index in [4.69, 9.17) is 9.47 Å². The van der Waals surface area contributed by atoms with Crippen molar-refractivity contribution in [2.75, 3.05) is 14.2 Å². The van der Waals surface area contributed by atoms with Crippen LogP contribution in [0.2, 0.25) is 0 Å². The molecule has 0 saturated heterocycles. The predicted molar refractivity (Wildman–Crippen MR) is 53.8 cm³/mol. The third-order valence-electron chi connectivity index (χ3n) is 1.90. The molecule has 0 amide bonds. The van der Waals surface area contributed by atoms with Gasteiger partial charge in [-0.15, -0.1) is 0 Å². The minimum atomic E-state index is 0.622. The van der Waals surface area contributed by atoms with E-state index >= 15 is 0 Å². The van der Waals surface area contributed by atoms with Crippen molar-refractivity contribution in [3.63, 3.8) is 0 Å². The molecule has 0 unspecified atom stereocenters. The second-order valence-electron chi connectivity index (χ2n) is 2.83. The van der Waals surface area contributed by atoms with Crippen molar-refractivity contribution in [2.24, 2.45) is 0 Å². The van der Waals surface area contributed by atoms with Gasteiger partial charge in [-0.25, -0.2) is 0 Å². The molecule has 0 aromatic heterocycles. The van der Waals surface area contributed by atoms with Gasteiger partial charge in [-0.2, -0.15) is 0 Å². The lowest BCUT2D eigenvalue weighted by molar-refractivity contribution is 0.363. The summed E-state index contributed by atoms with van der Waals surface area (Å²) in [6.45, 7) is 5.80. The van der Waals surface area contributed by atoms with Gasteiger partial charge in [0, 0.05) is 0 Å². The van der Waals surface area contributed by atoms with Gasteiger partial charge in [0.2, 0.25) is 0 Å². The van der Waals surface area contributed by atoms with Gasteiger partial charge in [0.05, 0.1) is 19.8 Å². The van der Waals surface area contributed by atoms with E-state index in [0.29, 0.717) is 5.76 Å². The van der Waals surface area contributed by atoms with Gasteiger partial charge in [0.1, 0.15) is 11.5 Å². The monoisotopic (exact) mass is 178 g/mol. The van der Waals surface area contributed by atoms with Crippen LogP contribution in [0.1, 0.15) is 11.1 Å². The van der Waals surface area contributed by atoms with Crippen molar-refractivity contribution in [3.05, 3.63) is 35.9 Å². The highest BCUT2D eigenvalue weighted by molar-refractivity contribution is 5.64. The second kappa shape index (κ2) is 3.99. The van der Waals surface area contributed by atoms with Gasteiger partial charge in [-0.05, 0) is 24.6 Å². The molecule has 0 heterocycles. The van der Waals surface area contributed by atoms with E-state index in [-0.39, 0.29) is 0 Å². The Balaban J connectivity index is 3.13. The average Bonchev–Trinajstić information content (AvgIpc) is 2.16. The maximum Gasteiger partial charge on any atom is 0.130 e. The lowest BCUT2D eigenvalue weighted by Gasteiger charge is -2.10. The smallest absolute Gasteiger partial charge is 0.130 e. The number of benzene rings is 1. The van der Waals surface area contributed by atoms with Crippen molar-refractivity contribution in [2.45, 2.75) is 6.92 Å². The van der Waals surface area contributed by atoms with Gasteiger partial charge < -0.3 is 9.47 Å². The van der Waals surface area contributed by atoms with Crippen LogP contribution in [0.15, 0.2) is 24.8 Å². The molecule has 0 saturated carbocycles. The van der Waals surface area contributed by atoms with Crippen LogP contribution in [0, 0.1) is 6.92 Å². The summed E-state index contributed by atoms with van der Waals surface area (Å²) < 4.78 is 10.3. The van der Waals surface area contributed by atoms with Crippen molar-refractivity contribution in [1.29, 1.82) is 0 Å². The van der Waals surface area contributed by atoms with Gasteiger partial charge >= 0.3 is 0 Å². The van der Waals surface area contributed by atoms with Gasteiger partial charge in [0.25, 0.3) is 0 Å². The van der Waals surface area contributed by atoms with Crippen LogP contribution in [0.4, 0.5) is 0 Å². The zero-order chi connectivity index (χ0) is 9.84. The first-order chi connectivity index (χ1) is 6.19. The molecule has 0 radical (unpaired) electrons. The normalized spacial score (nSPS) is 9.46. The Bertz CT molecular complexity index is 316. The Morgan fingerprint density at radius 2 is 2.00 bits per heavy atom. The van der Waals surface area contributed by atoms with Crippen LogP contribution in [0.25, 0.3) is 5.76 Å². The number of methoxy groups -OCH3 is 2. The third kappa shape index (κ3) is 2.02. The fourth-order valence-electron chi connectivity index (χ4n) is 1.14. The lowest BCUT2D eigenvalue weighted by atomic mass is 10.1. The molecule has 0 spiro atoms. The molecule has 0 atom stereocenters. The minimum Gasteiger partial charge on any atom is -0.497 e. The number of rotatable bonds is 3. The molecule has 2 nitrogen and oxygen atoms in total. The van der Waals surface area contributed by atoms with Crippen molar-refractivity contribution < 1.29 is 9.47 Å². The van der Waals surface area contributed by atoms with Gasteiger partial charge in [-0.1, -0.05) is 12.6 Å². The Labute approximate surface area is 78.8 Å². The molecule has 70 valence electrons. The minimum absolute atomic E-state index is 0.622. The summed E-state index contributed by atoms with van der Waals surface area (Å²) in [5.74, 6) is 1.42. The van der Waals surface area contributed by atoms with Crippen LogP contribution < -0.4 is 4.74 Å². The van der Waals surface area contributed by atoms with Crippen LogP contribution >= 0.6 is 0 Å². The average molecular weight is 178 g/mol. The molecule has 0 aliphatic carbocycles. The number of aryl methyl sites for hydroxylation is 1. The molecule has 0 fully saturated rings. The molecule has 1 rings (SSSR count). The predicted octanol–water partition coefficient (Wildman–Crippen LogP) is 2.62. The zero-order valence-electron chi connectivity index (χ0n) is 8.26. The Hall–Kier alpha value is -1.44. The van der Waals surface area contributed by atoms with Crippen LogP contribution in [-0.4, -0.2) is 14.2 Å². The Morgan fingerprint density at radius 3 is 2.54 bits per heavy atom. The van der Waals surface area contributed by atoms with E-state index in [1.807, 2.05) is 25.1 Å². The fourth-order valence-corrected chi connectivity index (χ4v) is 1.14. The van der Waals surface area contributed by atoms with E-state index in [2.05, 4.69) is 6.58 Å². The first kappa shape index (κ1) is 9.65. The van der Waals surface area contributed by atoms with Crippen LogP contribution in [0.3, 0.4) is 0 Å². The quantitative estimate of drug-likeness (QED) is 0.662. The van der Waals surface area contributed by atoms with E-state index in [1.54, 1.807) is 14.2 Å². The molecule has 1 aromatic carbocycles. The lowest BCUT2D eigenvalue weighted by Crippen LogP contribution is -1.92. The summed E-state index contributed by atoms with van der Waals surface area (Å²) in [4.78, 5) is 0. The SMILES string of the molecule is C=C(OC)c1ccc(C)cc1OC. The zero-order valence-corrected chi connectivity index (χ0v) is 8.26. The first-order valence-corrected chi connectivity index (χ1v) is 4.07. The fraction of sp³-hybridized carbons (Fsp3) is 0.273. The molecular weight excluding hydrogens is 164 g/mol. The first-order valence-electron chi connectivity index (χ1n) is 4.07. The standard InChI is InChI=1S/C11H14O2/c1-8-5-6-10(9(2)12-3)11(7-8)13-4/h5-7H,2H2,1,3-4H3. The topological polar surface area (TPSA) is 18.5 Å². The van der Waals surface area contributed by atoms with Gasteiger partial charge in [0.15, 0.2) is 0 Å². The molecule has 13 heavy (non-hydrogen) atoms. The summed E-state index contributed by atoms with van der Waals surface area (Å²) in [6.07, 6.45) is 0. The maximum atomic E-state index is 5.21. The second-order valence-corrected chi connectivity index (χ2v) is 2.83. The van der Waals surface area contributed by atoms with Gasteiger partial charge in [-0.3, -0.25) is 0 Å². The summed E-state index contributed by atoms with van der Waals surface area (Å²) in [5.41, 5.74) is 2.06. The van der Waals surface area contributed by atoms with Crippen LogP contribution in [0.5, 0.6) is 5.75 Å². The molecule has 0 bridgehead atoms. The largest absolute Gasteiger partial charge is 0.497 e. The van der Waals surface area contributed by atoms with Crippen molar-refractivity contribution in [1.82, 2.24) is 0 Å². The van der Waals surface area contributed by atoms with Crippen molar-refractivity contribution in [3.8, 4) is 5.75 Å². The number of hydrogen-bond donors (Lipinski definition) is 0. The molecule has 0 N–H and O–H groups in total. The molecule has 0 aliphatic rings. The van der Waals surface area contributed by atoms with E-state index < -0.39 is 0 Å². The van der Waals surface area contributed by atoms with E-state index in [0.717, 1.165) is 16.9 Å². The molecule has 2 heteroatoms. The Kier molecular flexibility index (Phi) is 2.96. The third-order valence-corrected chi connectivity index (χ3v) is 1.90. The maximum absolute atomic E-state index is 5.21. The van der Waals surface area contributed by atoms with Crippen LogP contribution in [-0.2, 0) is 4.74 Å². The number of ether oxygens (including phenoxy) is 2. The Morgan fingerprint density at radius 1 is 1.31 bits per heavy atom. The number of hydrogen-bond acceptors (Lipinski definition) is 2. The van der Waals surface area contributed by atoms with Crippen molar-refractivity contribution >= 4 is 5.76 Å².